The van der Waals surface area contributed by atoms with Crippen molar-refractivity contribution in [1.29, 1.82) is 0 Å². The molecule has 5 nitrogen and oxygen atoms in total. The number of carbonyl (C=O) groups excluding carboxylic acids is 4. The van der Waals surface area contributed by atoms with Gasteiger partial charge >= 0.3 is 0 Å². The van der Waals surface area contributed by atoms with Crippen molar-refractivity contribution in [3.63, 3.8) is 0 Å². The number of rotatable bonds is 1. The van der Waals surface area contributed by atoms with Crippen LogP contribution in [0.3, 0.4) is 0 Å². The summed E-state index contributed by atoms with van der Waals surface area (Å²) in [7, 11) is 0. The molecule has 0 heterocycles. The number of primary amides is 1. The van der Waals surface area contributed by atoms with Crippen molar-refractivity contribution in [3.8, 4) is 0 Å². The third-order valence-electron chi connectivity index (χ3n) is 3.18. The Morgan fingerprint density at radius 3 is 1.56 bits per heavy atom. The molecule has 88 valence electrons. The van der Waals surface area contributed by atoms with Gasteiger partial charge in [0.05, 0.1) is 10.8 Å². The second-order valence-corrected chi connectivity index (χ2v) is 5.14. The number of hydrogen-bond acceptors (Lipinski definition) is 4. The van der Waals surface area contributed by atoms with Gasteiger partial charge in [-0.1, -0.05) is 0 Å². The zero-order valence-corrected chi connectivity index (χ0v) is 9.79. The second-order valence-electron chi connectivity index (χ2n) is 5.14. The van der Waals surface area contributed by atoms with Gasteiger partial charge < -0.3 is 5.73 Å². The van der Waals surface area contributed by atoms with Gasteiger partial charge in [0.1, 0.15) is 0 Å². The molecular weight excluding hydrogens is 210 g/mol. The molecule has 0 radical (unpaired) electrons. The molecule has 1 aliphatic carbocycles. The van der Waals surface area contributed by atoms with Gasteiger partial charge in [-0.05, 0) is 27.7 Å². The monoisotopic (exact) mass is 225 g/mol. The first-order valence-corrected chi connectivity index (χ1v) is 4.97. The van der Waals surface area contributed by atoms with Crippen LogP contribution in [0.1, 0.15) is 27.7 Å². The average Bonchev–Trinajstić information content (AvgIpc) is 2.14. The highest BCUT2D eigenvalue weighted by atomic mass is 16.2. The van der Waals surface area contributed by atoms with Gasteiger partial charge in [0.15, 0.2) is 23.3 Å². The van der Waals surface area contributed by atoms with Crippen LogP contribution < -0.4 is 5.73 Å². The maximum absolute atomic E-state index is 12.0. The fourth-order valence-electron chi connectivity index (χ4n) is 2.10. The van der Waals surface area contributed by atoms with Gasteiger partial charge in [-0.3, -0.25) is 19.2 Å². The highest BCUT2D eigenvalue weighted by Gasteiger charge is 2.59. The van der Waals surface area contributed by atoms with Crippen LogP contribution in [0.15, 0.2) is 0 Å². The van der Waals surface area contributed by atoms with Crippen molar-refractivity contribution < 1.29 is 19.2 Å². The van der Waals surface area contributed by atoms with Gasteiger partial charge in [-0.25, -0.2) is 0 Å². The molecule has 1 aliphatic rings. The number of ketones is 3. The van der Waals surface area contributed by atoms with Crippen LogP contribution >= 0.6 is 0 Å². The molecule has 0 aromatic carbocycles. The third-order valence-corrected chi connectivity index (χ3v) is 3.18. The predicted molar refractivity (Wildman–Crippen MR) is 55.3 cm³/mol. The Morgan fingerprint density at radius 2 is 1.31 bits per heavy atom. The number of carbonyl (C=O) groups is 4. The maximum atomic E-state index is 12.0. The summed E-state index contributed by atoms with van der Waals surface area (Å²) in [5, 5.41) is 0. The quantitative estimate of drug-likeness (QED) is 0.628. The third kappa shape index (κ3) is 1.38. The van der Waals surface area contributed by atoms with E-state index in [9.17, 15) is 19.2 Å². The lowest BCUT2D eigenvalue weighted by molar-refractivity contribution is -0.161. The Balaban J connectivity index is 3.40. The molecule has 0 saturated heterocycles. The summed E-state index contributed by atoms with van der Waals surface area (Å²) in [6, 6.07) is 0. The second kappa shape index (κ2) is 3.23. The van der Waals surface area contributed by atoms with Gasteiger partial charge in [-0.2, -0.15) is 0 Å². The van der Waals surface area contributed by atoms with E-state index < -0.39 is 40.0 Å². The highest BCUT2D eigenvalue weighted by Crippen LogP contribution is 2.40. The van der Waals surface area contributed by atoms with Crippen molar-refractivity contribution in [1.82, 2.24) is 0 Å². The van der Waals surface area contributed by atoms with Crippen LogP contribution in [0, 0.1) is 16.7 Å². The van der Waals surface area contributed by atoms with Crippen LogP contribution in [0.4, 0.5) is 0 Å². The van der Waals surface area contributed by atoms with Crippen LogP contribution in [-0.4, -0.2) is 23.3 Å². The molecule has 2 N–H and O–H groups in total. The zero-order valence-electron chi connectivity index (χ0n) is 9.79. The van der Waals surface area contributed by atoms with Crippen LogP contribution in [-0.2, 0) is 19.2 Å². The molecule has 1 saturated carbocycles. The van der Waals surface area contributed by atoms with E-state index in [1.807, 2.05) is 0 Å². The summed E-state index contributed by atoms with van der Waals surface area (Å²) >= 11 is 0. The van der Waals surface area contributed by atoms with Gasteiger partial charge in [0, 0.05) is 0 Å². The Labute approximate surface area is 93.4 Å². The van der Waals surface area contributed by atoms with Crippen molar-refractivity contribution in [3.05, 3.63) is 0 Å². The number of amides is 1. The van der Waals surface area contributed by atoms with E-state index in [0.29, 0.717) is 0 Å². The molecule has 1 fully saturated rings. The van der Waals surface area contributed by atoms with Crippen molar-refractivity contribution in [2.45, 2.75) is 27.7 Å². The summed E-state index contributed by atoms with van der Waals surface area (Å²) in [4.78, 5) is 46.8. The minimum Gasteiger partial charge on any atom is -0.369 e. The van der Waals surface area contributed by atoms with E-state index in [2.05, 4.69) is 0 Å². The van der Waals surface area contributed by atoms with Gasteiger partial charge in [-0.15, -0.1) is 0 Å². The standard InChI is InChI=1S/C11H15NO4/c1-10(2)6(13)5(8(12)15)7(14)11(3,4)9(10)16/h5H,1-4H3,(H2,12,15). The van der Waals surface area contributed by atoms with E-state index in [0.717, 1.165) is 0 Å². The molecule has 5 heteroatoms. The summed E-state index contributed by atoms with van der Waals surface area (Å²) in [5.41, 5.74) is 2.37. The summed E-state index contributed by atoms with van der Waals surface area (Å²) in [6.45, 7) is 5.67. The van der Waals surface area contributed by atoms with Crippen LogP contribution in [0.25, 0.3) is 0 Å². The lowest BCUT2D eigenvalue weighted by atomic mass is 9.58. The van der Waals surface area contributed by atoms with Crippen LogP contribution in [0.5, 0.6) is 0 Å². The van der Waals surface area contributed by atoms with Crippen molar-refractivity contribution in [2.75, 3.05) is 0 Å². The molecule has 0 unspecified atom stereocenters. The first kappa shape index (κ1) is 12.5. The van der Waals surface area contributed by atoms with Crippen LogP contribution in [0.2, 0.25) is 0 Å². The first-order chi connectivity index (χ1) is 7.04. The molecule has 0 aromatic heterocycles. The lowest BCUT2D eigenvalue weighted by Crippen LogP contribution is -2.60. The number of nitrogens with two attached hydrogens (primary N) is 1. The fourth-order valence-corrected chi connectivity index (χ4v) is 2.10. The summed E-state index contributed by atoms with van der Waals surface area (Å²) < 4.78 is 0. The van der Waals surface area contributed by atoms with E-state index in [1.54, 1.807) is 0 Å². The zero-order chi connectivity index (χ0) is 12.9. The van der Waals surface area contributed by atoms with E-state index in [4.69, 9.17) is 5.73 Å². The Bertz CT molecular complexity index is 376. The van der Waals surface area contributed by atoms with Crippen molar-refractivity contribution >= 4 is 23.3 Å². The Morgan fingerprint density at radius 1 is 1.00 bits per heavy atom. The van der Waals surface area contributed by atoms with E-state index in [1.165, 1.54) is 27.7 Å². The van der Waals surface area contributed by atoms with Gasteiger partial charge in [0.2, 0.25) is 5.91 Å². The minimum atomic E-state index is -1.50. The van der Waals surface area contributed by atoms with E-state index >= 15 is 0 Å². The molecule has 0 aliphatic heterocycles. The predicted octanol–water partition coefficient (Wildman–Crippen LogP) is -0.139. The Hall–Kier alpha value is -1.52. The fraction of sp³-hybridized carbons (Fsp3) is 0.636. The molecule has 0 aromatic rings. The average molecular weight is 225 g/mol. The number of hydrogen-bond donors (Lipinski definition) is 1. The van der Waals surface area contributed by atoms with Crippen molar-refractivity contribution in [2.24, 2.45) is 22.5 Å². The molecule has 0 atom stereocenters. The topological polar surface area (TPSA) is 94.3 Å². The van der Waals surface area contributed by atoms with Gasteiger partial charge in [0.25, 0.3) is 0 Å². The molecule has 0 spiro atoms. The highest BCUT2D eigenvalue weighted by molar-refractivity contribution is 6.34. The normalized spacial score (nSPS) is 24.6. The first-order valence-electron chi connectivity index (χ1n) is 4.97. The molecule has 1 amide bonds. The van der Waals surface area contributed by atoms with E-state index in [-0.39, 0.29) is 0 Å². The Kier molecular flexibility index (Phi) is 2.54. The largest absolute Gasteiger partial charge is 0.369 e. The maximum Gasteiger partial charge on any atom is 0.235 e. The minimum absolute atomic E-state index is 0.465. The molecule has 0 bridgehead atoms. The summed E-state index contributed by atoms with van der Waals surface area (Å²) in [5.74, 6) is -4.34. The molecule has 1 rings (SSSR count). The molecular formula is C11H15NO4. The SMILES string of the molecule is CC1(C)C(=O)C(C(N)=O)C(=O)C(C)(C)C1=O. The summed E-state index contributed by atoms with van der Waals surface area (Å²) in [6.07, 6.45) is 0. The molecule has 16 heavy (non-hydrogen) atoms. The number of Topliss-reactive ketones (excluding diaryl/α,β-unsaturated/α-hetero) is 3. The lowest BCUT2D eigenvalue weighted by Gasteiger charge is -2.39. The smallest absolute Gasteiger partial charge is 0.235 e.